The number of piperidine rings is 1. The molecule has 11 N–H and O–H groups in total. The highest BCUT2D eigenvalue weighted by Gasteiger charge is 2.39. The molecule has 1 fully saturated rings. The van der Waals surface area contributed by atoms with Gasteiger partial charge in [-0.2, -0.15) is 39.5 Å². The van der Waals surface area contributed by atoms with E-state index in [0.717, 1.165) is 37.3 Å². The number of rotatable bonds is 4. The Morgan fingerprint density at radius 3 is 1.13 bits per heavy atom. The lowest BCUT2D eigenvalue weighted by atomic mass is 9.89. The predicted octanol–water partition coefficient (Wildman–Crippen LogP) is 3.78. The van der Waals surface area contributed by atoms with Crippen LogP contribution in [0.4, 0.5) is 56.6 Å². The van der Waals surface area contributed by atoms with E-state index >= 15 is 0 Å². The van der Waals surface area contributed by atoms with Crippen molar-refractivity contribution in [3.63, 3.8) is 0 Å². The molecule has 0 bridgehead atoms. The number of halogens is 9. The number of aliphatic imine (C=N–C) groups is 2. The van der Waals surface area contributed by atoms with E-state index in [1.54, 1.807) is 0 Å². The third-order valence-corrected chi connectivity index (χ3v) is 5.32. The number of hydrogen-bond acceptors (Lipinski definition) is 6. The van der Waals surface area contributed by atoms with E-state index in [9.17, 15) is 39.5 Å². The van der Waals surface area contributed by atoms with Gasteiger partial charge in [0, 0.05) is 18.8 Å². The summed E-state index contributed by atoms with van der Waals surface area (Å²) in [4.78, 5) is 37.2. The third-order valence-electron chi connectivity index (χ3n) is 5.32. The summed E-state index contributed by atoms with van der Waals surface area (Å²) in [6.07, 6.45) is -13.0. The van der Waals surface area contributed by atoms with Gasteiger partial charge in [0.2, 0.25) is 0 Å². The van der Waals surface area contributed by atoms with Gasteiger partial charge in [-0.05, 0) is 60.7 Å². The molecule has 0 spiro atoms. The number of carboxylic acid groups (broad SMARTS) is 3. The van der Waals surface area contributed by atoms with Gasteiger partial charge in [-0.3, -0.25) is 0 Å². The molecular formula is C25H28F9N7O6. The number of nitrogens with two attached hydrogens (primary N) is 4. The zero-order chi connectivity index (χ0) is 36.8. The summed E-state index contributed by atoms with van der Waals surface area (Å²) in [5, 5.41) is 21.4. The van der Waals surface area contributed by atoms with E-state index < -0.39 is 36.4 Å². The Labute approximate surface area is 259 Å². The summed E-state index contributed by atoms with van der Waals surface area (Å²) >= 11 is 0. The normalized spacial score (nSPS) is 13.2. The maximum Gasteiger partial charge on any atom is 0.490 e. The van der Waals surface area contributed by atoms with Crippen molar-refractivity contribution in [3.05, 3.63) is 54.1 Å². The van der Waals surface area contributed by atoms with Gasteiger partial charge < -0.3 is 43.2 Å². The quantitative estimate of drug-likeness (QED) is 0.138. The fraction of sp³-hybridized carbons (Fsp3) is 0.320. The van der Waals surface area contributed by atoms with Gasteiger partial charge >= 0.3 is 36.4 Å². The van der Waals surface area contributed by atoms with Crippen molar-refractivity contribution in [2.75, 3.05) is 18.0 Å². The molecule has 2 aromatic carbocycles. The van der Waals surface area contributed by atoms with Crippen molar-refractivity contribution in [3.8, 4) is 0 Å². The van der Waals surface area contributed by atoms with E-state index in [4.69, 9.17) is 52.6 Å². The van der Waals surface area contributed by atoms with Gasteiger partial charge in [-0.1, -0.05) is 12.1 Å². The molecule has 1 heterocycles. The molecule has 0 unspecified atom stereocenters. The fourth-order valence-electron chi connectivity index (χ4n) is 3.33. The maximum absolute atomic E-state index is 10.6. The van der Waals surface area contributed by atoms with Crippen LogP contribution in [0.1, 0.15) is 24.3 Å². The first-order valence-electron chi connectivity index (χ1n) is 12.4. The average Bonchev–Trinajstić information content (AvgIpc) is 2.93. The van der Waals surface area contributed by atoms with Crippen LogP contribution in [0.2, 0.25) is 0 Å². The van der Waals surface area contributed by atoms with Crippen LogP contribution in [0.25, 0.3) is 0 Å². The van der Waals surface area contributed by atoms with Crippen LogP contribution in [-0.2, 0) is 14.4 Å². The molecule has 0 aromatic heterocycles. The molecule has 0 atom stereocenters. The number of guanidine groups is 2. The number of aliphatic carboxylic acids is 3. The Kier molecular flexibility index (Phi) is 15.8. The van der Waals surface area contributed by atoms with Gasteiger partial charge in [0.15, 0.2) is 11.9 Å². The van der Waals surface area contributed by atoms with Gasteiger partial charge in [-0.15, -0.1) is 0 Å². The highest BCUT2D eigenvalue weighted by Crippen LogP contribution is 2.32. The standard InChI is InChI=1S/C19H25N7.3C2HF3O2/c20-18(21)24-15-3-1-13(2-4-15)14-9-11-26(12-10-14)17-7-5-16(6-8-17)25-19(22)23;3*3-2(4,5)1(6)7/h1-8,14H,9-12H2,(H4,20,21,24)(H4,22,23,25);3*(H,6,7). The number of alkyl halides is 9. The highest BCUT2D eigenvalue weighted by atomic mass is 19.4. The van der Waals surface area contributed by atoms with Crippen LogP contribution in [0, 0.1) is 0 Å². The average molecular weight is 694 g/mol. The summed E-state index contributed by atoms with van der Waals surface area (Å²) in [5.74, 6) is -7.56. The molecule has 0 radical (unpaired) electrons. The van der Waals surface area contributed by atoms with Gasteiger partial charge in [0.25, 0.3) is 0 Å². The Morgan fingerprint density at radius 1 is 0.596 bits per heavy atom. The summed E-state index contributed by atoms with van der Waals surface area (Å²) in [7, 11) is 0. The molecule has 1 saturated heterocycles. The number of benzene rings is 2. The predicted molar refractivity (Wildman–Crippen MR) is 149 cm³/mol. The van der Waals surface area contributed by atoms with E-state index in [0.29, 0.717) is 5.92 Å². The first-order valence-corrected chi connectivity index (χ1v) is 12.4. The van der Waals surface area contributed by atoms with Crippen molar-refractivity contribution >= 4 is 46.9 Å². The molecule has 3 rings (SSSR count). The Morgan fingerprint density at radius 2 is 0.872 bits per heavy atom. The summed E-state index contributed by atoms with van der Waals surface area (Å²) in [5.41, 5.74) is 25.7. The van der Waals surface area contributed by atoms with Crippen molar-refractivity contribution in [2.24, 2.45) is 32.9 Å². The second-order valence-corrected chi connectivity index (χ2v) is 8.85. The van der Waals surface area contributed by atoms with Crippen molar-refractivity contribution in [2.45, 2.75) is 37.3 Å². The lowest BCUT2D eigenvalue weighted by Gasteiger charge is -2.34. The molecule has 1 aliphatic heterocycles. The lowest BCUT2D eigenvalue weighted by molar-refractivity contribution is -0.193. The summed E-state index contributed by atoms with van der Waals surface area (Å²) in [6, 6.07) is 16.1. The molecule has 0 amide bonds. The molecule has 13 nitrogen and oxygen atoms in total. The second kappa shape index (κ2) is 17.9. The highest BCUT2D eigenvalue weighted by molar-refractivity contribution is 5.79. The van der Waals surface area contributed by atoms with E-state index in [1.807, 2.05) is 24.3 Å². The zero-order valence-electron chi connectivity index (χ0n) is 23.6. The molecule has 0 aliphatic carbocycles. The SMILES string of the molecule is NC(N)=Nc1ccc(C2CCN(c3ccc(N=C(N)N)cc3)CC2)cc1.O=C(O)C(F)(F)F.O=C(O)C(F)(F)F.O=C(O)C(F)(F)F. The topological polar surface area (TPSA) is 244 Å². The number of hydrogen-bond donors (Lipinski definition) is 7. The zero-order valence-corrected chi connectivity index (χ0v) is 23.6. The van der Waals surface area contributed by atoms with Crippen molar-refractivity contribution in [1.29, 1.82) is 0 Å². The number of carbonyl (C=O) groups is 3. The summed E-state index contributed by atoms with van der Waals surface area (Å²) < 4.78 is 95.2. The maximum atomic E-state index is 10.6. The molecule has 47 heavy (non-hydrogen) atoms. The van der Waals surface area contributed by atoms with E-state index in [2.05, 4.69) is 39.2 Å². The minimum atomic E-state index is -5.08. The minimum Gasteiger partial charge on any atom is -0.475 e. The second-order valence-electron chi connectivity index (χ2n) is 8.85. The largest absolute Gasteiger partial charge is 0.490 e. The third kappa shape index (κ3) is 17.6. The van der Waals surface area contributed by atoms with Crippen LogP contribution in [0.15, 0.2) is 58.5 Å². The van der Waals surface area contributed by atoms with Gasteiger partial charge in [0.1, 0.15) is 0 Å². The first kappa shape index (κ1) is 41.6. The van der Waals surface area contributed by atoms with Crippen LogP contribution in [0.5, 0.6) is 0 Å². The van der Waals surface area contributed by atoms with Crippen LogP contribution in [0.3, 0.4) is 0 Å². The molecule has 262 valence electrons. The monoisotopic (exact) mass is 693 g/mol. The smallest absolute Gasteiger partial charge is 0.475 e. The lowest BCUT2D eigenvalue weighted by Crippen LogP contribution is -2.32. The minimum absolute atomic E-state index is 0.0735. The van der Waals surface area contributed by atoms with Crippen LogP contribution < -0.4 is 27.8 Å². The number of nitrogens with zero attached hydrogens (tertiary/aromatic N) is 3. The van der Waals surface area contributed by atoms with Crippen molar-refractivity contribution < 1.29 is 69.2 Å². The molecule has 0 saturated carbocycles. The van der Waals surface area contributed by atoms with E-state index in [-0.39, 0.29) is 11.9 Å². The van der Waals surface area contributed by atoms with Crippen LogP contribution in [-0.4, -0.2) is 76.8 Å². The Bertz CT molecular complexity index is 1240. The fourth-order valence-corrected chi connectivity index (χ4v) is 3.33. The van der Waals surface area contributed by atoms with Crippen LogP contribution >= 0.6 is 0 Å². The first-order chi connectivity index (χ1) is 21.3. The number of carboxylic acids is 3. The molecule has 22 heteroatoms. The Hall–Kier alpha value is -5.44. The molecule has 1 aliphatic rings. The number of anilines is 1. The van der Waals surface area contributed by atoms with Gasteiger partial charge in [-0.25, -0.2) is 24.4 Å². The Balaban J connectivity index is 0.000000820. The summed E-state index contributed by atoms with van der Waals surface area (Å²) in [6.45, 7) is 2.03. The molecule has 2 aromatic rings. The molecular weight excluding hydrogens is 665 g/mol. The van der Waals surface area contributed by atoms with Gasteiger partial charge in [0.05, 0.1) is 11.4 Å². The van der Waals surface area contributed by atoms with Crippen molar-refractivity contribution in [1.82, 2.24) is 0 Å². The van der Waals surface area contributed by atoms with E-state index in [1.165, 1.54) is 11.3 Å².